The highest BCUT2D eigenvalue weighted by atomic mass is 79.9. The van der Waals surface area contributed by atoms with Crippen molar-refractivity contribution >= 4 is 37.8 Å². The van der Waals surface area contributed by atoms with Crippen LogP contribution in [-0.2, 0) is 16.0 Å². The van der Waals surface area contributed by atoms with E-state index in [-0.39, 0.29) is 24.5 Å². The Balaban J connectivity index is 1.68. The van der Waals surface area contributed by atoms with Crippen molar-refractivity contribution in [3.05, 3.63) is 56.0 Å². The van der Waals surface area contributed by atoms with Gasteiger partial charge < -0.3 is 19.9 Å². The van der Waals surface area contributed by atoms with Crippen molar-refractivity contribution in [1.82, 2.24) is 5.32 Å². The van der Waals surface area contributed by atoms with Crippen LogP contribution in [0.15, 0.2) is 39.3 Å². The van der Waals surface area contributed by atoms with Gasteiger partial charge in [0.1, 0.15) is 11.5 Å². The van der Waals surface area contributed by atoms with E-state index in [1.807, 2.05) is 24.3 Å². The molecule has 2 aromatic carbocycles. The summed E-state index contributed by atoms with van der Waals surface area (Å²) in [6.45, 7) is 5.21. The van der Waals surface area contributed by atoms with Gasteiger partial charge in [-0.25, -0.2) is 0 Å². The van der Waals surface area contributed by atoms with E-state index >= 15 is 0 Å². The second-order valence-electron chi connectivity index (χ2n) is 7.18. The molecule has 150 valence electrons. The van der Waals surface area contributed by atoms with Gasteiger partial charge in [-0.3, -0.25) is 4.79 Å². The average molecular weight is 513 g/mol. The first-order valence-corrected chi connectivity index (χ1v) is 10.7. The lowest BCUT2D eigenvalue weighted by atomic mass is 9.96. The molecule has 0 saturated carbocycles. The lowest BCUT2D eigenvalue weighted by Gasteiger charge is -2.26. The lowest BCUT2D eigenvalue weighted by Crippen LogP contribution is -2.49. The molecule has 0 spiro atoms. The zero-order valence-electron chi connectivity index (χ0n) is 15.8. The van der Waals surface area contributed by atoms with Crippen LogP contribution in [0.5, 0.6) is 11.5 Å². The molecule has 7 heteroatoms. The molecule has 1 fully saturated rings. The van der Waals surface area contributed by atoms with E-state index in [1.165, 1.54) is 0 Å². The number of carbonyl (C=O) groups excluding carboxylic acids is 1. The molecule has 0 radical (unpaired) electrons. The number of carbonyl (C=O) groups is 1. The van der Waals surface area contributed by atoms with E-state index in [9.17, 15) is 9.90 Å². The third kappa shape index (κ3) is 5.27. The van der Waals surface area contributed by atoms with Gasteiger partial charge >= 0.3 is 0 Å². The fourth-order valence-electron chi connectivity index (χ4n) is 2.95. The fraction of sp³-hybridized carbons (Fsp3) is 0.381. The van der Waals surface area contributed by atoms with Gasteiger partial charge in [0.25, 0.3) is 5.91 Å². The maximum absolute atomic E-state index is 11.9. The second-order valence-corrected chi connectivity index (χ2v) is 8.89. The number of phenols is 1. The molecular weight excluding hydrogens is 490 g/mol. The molecule has 0 atom stereocenters. The van der Waals surface area contributed by atoms with E-state index in [4.69, 9.17) is 9.47 Å². The third-order valence-electron chi connectivity index (χ3n) is 4.58. The van der Waals surface area contributed by atoms with Crippen LogP contribution < -0.4 is 10.1 Å². The molecule has 0 aliphatic carbocycles. The number of amides is 1. The maximum atomic E-state index is 11.9. The summed E-state index contributed by atoms with van der Waals surface area (Å²) in [5.41, 5.74) is 3.12. The summed E-state index contributed by atoms with van der Waals surface area (Å²) in [7, 11) is 0. The molecule has 3 rings (SSSR count). The summed E-state index contributed by atoms with van der Waals surface area (Å²) >= 11 is 7.22. The van der Waals surface area contributed by atoms with Crippen molar-refractivity contribution in [2.24, 2.45) is 0 Å². The Bertz CT molecular complexity index is 842. The Morgan fingerprint density at radius 2 is 1.93 bits per heavy atom. The number of hydrogen-bond acceptors (Lipinski definition) is 4. The lowest BCUT2D eigenvalue weighted by molar-refractivity contribution is -0.127. The van der Waals surface area contributed by atoms with Gasteiger partial charge in [-0.15, -0.1) is 0 Å². The van der Waals surface area contributed by atoms with Gasteiger partial charge in [0.15, 0.2) is 6.61 Å². The Kier molecular flexibility index (Phi) is 7.01. The van der Waals surface area contributed by atoms with Gasteiger partial charge in [0.05, 0.1) is 19.3 Å². The van der Waals surface area contributed by atoms with Crippen LogP contribution in [0, 0.1) is 0 Å². The highest BCUT2D eigenvalue weighted by Gasteiger charge is 2.20. The zero-order chi connectivity index (χ0) is 20.3. The number of halogens is 2. The van der Waals surface area contributed by atoms with Gasteiger partial charge in [-0.1, -0.05) is 57.8 Å². The van der Waals surface area contributed by atoms with Crippen LogP contribution in [0.1, 0.15) is 36.5 Å². The standard InChI is InChI=1S/C21H23Br2NO4/c1-12(2)16-5-13(3-4-20(16)25)6-17-18(22)7-15(8-19(17)23)28-11-21(26)24-14-9-27-10-14/h3-5,7-8,12,14,25H,6,9-11H2,1-2H3,(H,24,26). The van der Waals surface area contributed by atoms with Gasteiger partial charge in [0.2, 0.25) is 0 Å². The zero-order valence-corrected chi connectivity index (χ0v) is 19.0. The Labute approximate surface area is 181 Å². The first-order chi connectivity index (χ1) is 13.3. The number of rotatable bonds is 7. The summed E-state index contributed by atoms with van der Waals surface area (Å²) in [5.74, 6) is 1.03. The maximum Gasteiger partial charge on any atom is 0.258 e. The molecule has 1 heterocycles. The largest absolute Gasteiger partial charge is 0.508 e. The first kappa shape index (κ1) is 21.1. The molecule has 0 unspecified atom stereocenters. The summed E-state index contributed by atoms with van der Waals surface area (Å²) in [6, 6.07) is 9.54. The minimum Gasteiger partial charge on any atom is -0.508 e. The summed E-state index contributed by atoms with van der Waals surface area (Å²) in [6.07, 6.45) is 0.698. The van der Waals surface area contributed by atoms with Gasteiger partial charge in [-0.05, 0) is 47.2 Å². The van der Waals surface area contributed by atoms with E-state index in [2.05, 4.69) is 51.0 Å². The molecule has 1 saturated heterocycles. The molecular formula is C21H23Br2NO4. The predicted molar refractivity (Wildman–Crippen MR) is 115 cm³/mol. The van der Waals surface area contributed by atoms with Crippen LogP contribution in [-0.4, -0.2) is 36.9 Å². The van der Waals surface area contributed by atoms with E-state index < -0.39 is 0 Å². The summed E-state index contributed by atoms with van der Waals surface area (Å²) in [5, 5.41) is 12.9. The highest BCUT2D eigenvalue weighted by molar-refractivity contribution is 9.11. The number of phenolic OH excluding ortho intramolecular Hbond substituents is 1. The molecule has 1 amide bonds. The number of nitrogens with one attached hydrogen (secondary N) is 1. The Hall–Kier alpha value is -1.57. The fourth-order valence-corrected chi connectivity index (χ4v) is 4.37. The Morgan fingerprint density at radius 1 is 1.25 bits per heavy atom. The molecule has 2 aromatic rings. The van der Waals surface area contributed by atoms with Crippen molar-refractivity contribution in [2.75, 3.05) is 19.8 Å². The topological polar surface area (TPSA) is 67.8 Å². The second kappa shape index (κ2) is 9.29. The molecule has 0 bridgehead atoms. The van der Waals surface area contributed by atoms with Crippen molar-refractivity contribution < 1.29 is 19.4 Å². The molecule has 0 aromatic heterocycles. The van der Waals surface area contributed by atoms with Crippen molar-refractivity contribution in [3.63, 3.8) is 0 Å². The monoisotopic (exact) mass is 511 g/mol. The SMILES string of the molecule is CC(C)c1cc(Cc2c(Br)cc(OCC(=O)NC3COC3)cc2Br)ccc1O. The van der Waals surface area contributed by atoms with Crippen molar-refractivity contribution in [2.45, 2.75) is 32.2 Å². The number of hydrogen-bond donors (Lipinski definition) is 2. The normalized spacial score (nSPS) is 14.0. The smallest absolute Gasteiger partial charge is 0.258 e. The van der Waals surface area contributed by atoms with E-state index in [0.29, 0.717) is 31.1 Å². The minimum atomic E-state index is -0.157. The third-order valence-corrected chi connectivity index (χ3v) is 6.00. The van der Waals surface area contributed by atoms with Crippen molar-refractivity contribution in [3.8, 4) is 11.5 Å². The highest BCUT2D eigenvalue weighted by Crippen LogP contribution is 2.34. The van der Waals surface area contributed by atoms with Crippen LogP contribution in [0.3, 0.4) is 0 Å². The van der Waals surface area contributed by atoms with Gasteiger partial charge in [-0.2, -0.15) is 0 Å². The van der Waals surface area contributed by atoms with Crippen LogP contribution in [0.25, 0.3) is 0 Å². The average Bonchev–Trinajstić information content (AvgIpc) is 2.60. The number of ether oxygens (including phenoxy) is 2. The van der Waals surface area contributed by atoms with E-state index in [1.54, 1.807) is 6.07 Å². The first-order valence-electron chi connectivity index (χ1n) is 9.13. The molecule has 2 N–H and O–H groups in total. The van der Waals surface area contributed by atoms with Crippen LogP contribution >= 0.6 is 31.9 Å². The number of aromatic hydroxyl groups is 1. The quantitative estimate of drug-likeness (QED) is 0.572. The van der Waals surface area contributed by atoms with Crippen molar-refractivity contribution in [1.29, 1.82) is 0 Å². The Morgan fingerprint density at radius 3 is 2.50 bits per heavy atom. The predicted octanol–water partition coefficient (Wildman–Crippen LogP) is 4.53. The molecule has 28 heavy (non-hydrogen) atoms. The van der Waals surface area contributed by atoms with Gasteiger partial charge in [0, 0.05) is 8.95 Å². The minimum absolute atomic E-state index is 0.0373. The molecule has 1 aliphatic heterocycles. The molecule has 1 aliphatic rings. The van der Waals surface area contributed by atoms with Crippen LogP contribution in [0.4, 0.5) is 0 Å². The summed E-state index contributed by atoms with van der Waals surface area (Å²) < 4.78 is 12.4. The number of benzene rings is 2. The van der Waals surface area contributed by atoms with E-state index in [0.717, 1.165) is 25.6 Å². The summed E-state index contributed by atoms with van der Waals surface area (Å²) in [4.78, 5) is 11.9. The van der Waals surface area contributed by atoms with Crippen LogP contribution in [0.2, 0.25) is 0 Å². The molecule has 5 nitrogen and oxygen atoms in total.